The molecule has 4 aliphatic rings. The van der Waals surface area contributed by atoms with Gasteiger partial charge in [-0.3, -0.25) is 0 Å². The molecule has 2 aliphatic heterocycles. The summed E-state index contributed by atoms with van der Waals surface area (Å²) < 4.78 is 56.4. The second-order valence-corrected chi connectivity index (χ2v) is 33.1. The molecule has 0 saturated heterocycles. The van der Waals surface area contributed by atoms with Crippen LogP contribution in [0.25, 0.3) is 90.9 Å². The van der Waals surface area contributed by atoms with Crippen molar-refractivity contribution < 1.29 is 37.9 Å². The van der Waals surface area contributed by atoms with Crippen molar-refractivity contribution in [1.82, 2.24) is 19.9 Å². The molecule has 5 heterocycles. The van der Waals surface area contributed by atoms with Gasteiger partial charge in [-0.15, -0.1) is 0 Å². The van der Waals surface area contributed by atoms with Crippen LogP contribution in [-0.4, -0.2) is 72.8 Å². The molecule has 24 bridgehead atoms. The van der Waals surface area contributed by atoms with Crippen LogP contribution in [0, 0.1) is 0 Å². The number of ether oxygens (including phenoxy) is 8. The second-order valence-electron chi connectivity index (χ2n) is 33.1. The summed E-state index contributed by atoms with van der Waals surface area (Å²) in [6.07, 6.45) is 20.2. The lowest BCUT2D eigenvalue weighted by Crippen LogP contribution is -2.10. The van der Waals surface area contributed by atoms with E-state index >= 15 is 0 Å². The van der Waals surface area contributed by atoms with Crippen molar-refractivity contribution in [2.24, 2.45) is 0 Å². The Kier molecular flexibility index (Phi) is 26.4. The maximum atomic E-state index is 7.27. The van der Waals surface area contributed by atoms with Crippen molar-refractivity contribution in [1.29, 1.82) is 0 Å². The van der Waals surface area contributed by atoms with Gasteiger partial charge in [0.15, 0.2) is 0 Å². The lowest BCUT2D eigenvalue weighted by atomic mass is 9.89. The molecule has 13 aromatic rings. The largest absolute Gasteiger partial charge is 0.493 e. The minimum Gasteiger partial charge on any atom is -0.493 e. The first-order valence-electron chi connectivity index (χ1n) is 45.4. The van der Waals surface area contributed by atoms with Gasteiger partial charge in [-0.1, -0.05) is 225 Å². The summed E-state index contributed by atoms with van der Waals surface area (Å²) in [4.78, 5) is 20.2. The Labute approximate surface area is 731 Å². The third-order valence-electron chi connectivity index (χ3n) is 23.7. The fourth-order valence-electron chi connectivity index (χ4n) is 18.2. The summed E-state index contributed by atoms with van der Waals surface area (Å²) in [5.74, 6) is 7.17. The molecule has 12 nitrogen and oxygen atoms in total. The number of hydrogen-bond donors (Lipinski definition) is 2. The van der Waals surface area contributed by atoms with Crippen LogP contribution >= 0.6 is 0 Å². The van der Waals surface area contributed by atoms with Crippen molar-refractivity contribution >= 4 is 46.4 Å². The molecule has 124 heavy (non-hydrogen) atoms. The average molecular weight is 1640 g/mol. The predicted molar refractivity (Wildman–Crippen MR) is 508 cm³/mol. The smallest absolute Gasteiger partial charge is 0.126 e. The van der Waals surface area contributed by atoms with Crippen LogP contribution < -0.4 is 37.9 Å². The lowest BCUT2D eigenvalue weighted by Gasteiger charge is -2.23. The van der Waals surface area contributed by atoms with Gasteiger partial charge in [-0.2, -0.15) is 0 Å². The van der Waals surface area contributed by atoms with Crippen LogP contribution in [0.5, 0.6) is 46.0 Å². The summed E-state index contributed by atoms with van der Waals surface area (Å²) in [7, 11) is 0. The minimum absolute atomic E-state index is 0.516. The molecule has 2 N–H and O–H groups in total. The van der Waals surface area contributed by atoms with Gasteiger partial charge in [0.25, 0.3) is 0 Å². The van der Waals surface area contributed by atoms with Gasteiger partial charge in [-0.05, 0) is 235 Å². The van der Waals surface area contributed by atoms with Crippen molar-refractivity contribution in [3.63, 3.8) is 0 Å². The Morgan fingerprint density at radius 2 is 0.379 bits per heavy atom. The van der Waals surface area contributed by atoms with Crippen LogP contribution in [0.15, 0.2) is 218 Å². The molecule has 0 amide bonds. The molecule has 0 unspecified atom stereocenters. The number of aromatic nitrogens is 4. The topological polar surface area (TPSA) is 131 Å². The van der Waals surface area contributed by atoms with E-state index in [4.69, 9.17) is 47.9 Å². The highest BCUT2D eigenvalue weighted by molar-refractivity contribution is 6.00. The first kappa shape index (κ1) is 83.5. The first-order valence-corrected chi connectivity index (χ1v) is 45.4. The summed E-state index contributed by atoms with van der Waals surface area (Å²) in [5.41, 5.74) is 31.9. The van der Waals surface area contributed by atoms with E-state index in [-0.39, 0.29) is 0 Å². The Bertz CT molecular complexity index is 5680. The van der Waals surface area contributed by atoms with Crippen molar-refractivity contribution in [2.75, 3.05) is 52.9 Å². The number of nitrogens with one attached hydrogen (secondary N) is 2. The van der Waals surface area contributed by atoms with Gasteiger partial charge in [-0.25, -0.2) is 9.97 Å². The van der Waals surface area contributed by atoms with Crippen LogP contribution in [0.1, 0.15) is 219 Å². The maximum Gasteiger partial charge on any atom is 0.126 e. The Morgan fingerprint density at radius 3 is 0.573 bits per heavy atom. The maximum absolute atomic E-state index is 7.27. The number of benzene rings is 10. The number of H-pyrrole nitrogens is 2. The van der Waals surface area contributed by atoms with E-state index in [1.54, 1.807) is 0 Å². The highest BCUT2D eigenvalue weighted by Crippen LogP contribution is 2.48. The summed E-state index contributed by atoms with van der Waals surface area (Å²) in [6.45, 7) is 21.9. The third-order valence-corrected chi connectivity index (χ3v) is 23.7. The van der Waals surface area contributed by atoms with Crippen LogP contribution in [0.4, 0.5) is 0 Å². The number of aromatic amines is 2. The highest BCUT2D eigenvalue weighted by Gasteiger charge is 2.29. The monoisotopic (exact) mass is 1640 g/mol. The van der Waals surface area contributed by atoms with Gasteiger partial charge in [0, 0.05) is 95.7 Å². The molecular weight excluding hydrogens is 1530 g/mol. The van der Waals surface area contributed by atoms with Crippen molar-refractivity contribution in [3.8, 4) is 90.5 Å². The van der Waals surface area contributed by atoms with Gasteiger partial charge < -0.3 is 47.9 Å². The van der Waals surface area contributed by atoms with Crippen LogP contribution in [0.3, 0.4) is 0 Å². The first-order chi connectivity index (χ1) is 61.1. The molecule has 0 fully saturated rings. The molecule has 12 heteroatoms. The molecular formula is C112H114N4O8. The summed E-state index contributed by atoms with van der Waals surface area (Å²) in [5, 5.41) is 0. The Morgan fingerprint density at radius 1 is 0.202 bits per heavy atom. The number of para-hydroxylation sites is 6. The van der Waals surface area contributed by atoms with Crippen molar-refractivity contribution in [3.05, 3.63) is 330 Å². The van der Waals surface area contributed by atoms with E-state index in [1.165, 1.54) is 0 Å². The fourth-order valence-corrected chi connectivity index (χ4v) is 18.2. The Balaban J connectivity index is 0.932. The molecule has 630 valence electrons. The van der Waals surface area contributed by atoms with E-state index in [1.807, 2.05) is 0 Å². The molecule has 17 rings (SSSR count). The quantitative estimate of drug-likeness (QED) is 0.0489. The number of hydrogen-bond acceptors (Lipinski definition) is 10. The second kappa shape index (κ2) is 39.2. The average Bonchev–Trinajstić information content (AvgIpc) is 1.53. The molecule has 10 aromatic carbocycles. The predicted octanol–water partition coefficient (Wildman–Crippen LogP) is 27.0. The van der Waals surface area contributed by atoms with E-state index in [9.17, 15) is 0 Å². The van der Waals surface area contributed by atoms with E-state index in [0.717, 1.165) is 276 Å². The van der Waals surface area contributed by atoms with Gasteiger partial charge in [0.1, 0.15) is 46.0 Å². The van der Waals surface area contributed by atoms with E-state index < -0.39 is 0 Å². The number of rotatable bonds is 28. The lowest BCUT2D eigenvalue weighted by molar-refractivity contribution is 0.304. The van der Waals surface area contributed by atoms with Gasteiger partial charge in [0.05, 0.1) is 75.6 Å². The molecule has 0 saturated carbocycles. The normalized spacial score (nSPS) is 12.7. The molecule has 0 radical (unpaired) electrons. The number of nitrogens with zero attached hydrogens (tertiary/aromatic N) is 2. The zero-order chi connectivity index (χ0) is 84.8. The van der Waals surface area contributed by atoms with Crippen molar-refractivity contribution in [2.45, 2.75) is 158 Å². The number of fused-ring (bicyclic) bond motifs is 24. The zero-order valence-electron chi connectivity index (χ0n) is 73.2. The summed E-state index contributed by atoms with van der Waals surface area (Å²) >= 11 is 0. The van der Waals surface area contributed by atoms with Crippen LogP contribution in [0.2, 0.25) is 0 Å². The standard InChI is InChI=1S/C112H114N4O8/c1-9-53-117-105-75-33-23-34-76(105)62-80-38-26-42-84(108(80)120-56-12-4)66-90-70-87(69-89(111(90)123-59-15-7)65-83-41-25-37-79(61-75)107(83)119-55-11-3)103-97-49-45-93(113-97)101(73-29-19-17-20-30-73)95-47-51-99(115-95)104(100-52-48-96(116-100)102(74-31-21-18-22-32-74)94-46-50-98(103)114-94)88-71-91-67-85-43-27-39-81(109(85)121-57-13-5)63-77-35-24-36-78(106(77)118-54-10-2)64-82-40-28-44-86(110(82)122-58-14-6)68-92(72-88)112(91)124-60-16-8/h17-52,69-72,113,116H,9-16,53-68H2,1-8H3. The third kappa shape index (κ3) is 17.9. The minimum atomic E-state index is 0.516. The molecule has 2 aliphatic carbocycles. The van der Waals surface area contributed by atoms with E-state index in [2.05, 4.69) is 308 Å². The Hall–Kier alpha value is -12.8. The van der Waals surface area contributed by atoms with Crippen LogP contribution in [-0.2, 0) is 51.4 Å². The van der Waals surface area contributed by atoms with Gasteiger partial charge in [0.2, 0.25) is 0 Å². The summed E-state index contributed by atoms with van der Waals surface area (Å²) in [6, 6.07) is 79.8. The zero-order valence-corrected chi connectivity index (χ0v) is 73.2. The van der Waals surface area contributed by atoms with E-state index in [0.29, 0.717) is 104 Å². The highest BCUT2D eigenvalue weighted by atomic mass is 16.5. The van der Waals surface area contributed by atoms with Gasteiger partial charge >= 0.3 is 0 Å². The molecule has 3 aromatic heterocycles. The fraction of sp³-hybridized carbons (Fsp3) is 0.286. The molecule has 0 atom stereocenters. The molecule has 0 spiro atoms. The SMILES string of the molecule is CCCOc1c2cccc1Cc1cccc(c1OCCC)Cc1cc(-c3c4nc(c(-c5ccccc5)c5ccc([nH]5)c(-c5cc6c(OCCC)c(c5)Cc5cccc(c5OCCC)Cc5cccc(c5OCCC)Cc5cccc(c5OCCC)C6)c5nc(c(-c6ccccc6)c6ccc3[nH]6)C=C5)C=C4)cc(c1OCCC)Cc1cccc(c1OCCC)C2.